The summed E-state index contributed by atoms with van der Waals surface area (Å²) in [6, 6.07) is 6.29. The molecule has 1 fully saturated rings. The van der Waals surface area contributed by atoms with Crippen LogP contribution in [0.5, 0.6) is 0 Å². The van der Waals surface area contributed by atoms with Crippen LogP contribution in [0, 0.1) is 0 Å². The number of rotatable bonds is 6. The van der Waals surface area contributed by atoms with Crippen LogP contribution in [-0.4, -0.2) is 46.4 Å². The van der Waals surface area contributed by atoms with Crippen molar-refractivity contribution in [3.63, 3.8) is 0 Å². The number of aliphatic hydroxyl groups excluding tert-OH is 1. The molecule has 0 radical (unpaired) electrons. The number of halogens is 1. The fraction of sp³-hybridized carbons (Fsp3) is 0.438. The molecule has 130 valence electrons. The minimum absolute atomic E-state index is 0.0665. The highest BCUT2D eigenvalue weighted by atomic mass is 35.5. The Morgan fingerprint density at radius 1 is 1.25 bits per heavy atom. The molecule has 1 heterocycles. The standard InChI is InChI=1S/C16H20ClN3O4/c17-11-3-1-10(2-4-11)8-19-16(24)13-7-12(21)9-20(13)15(23)6-5-14(18)22/h1-4,12-13,21H,5-9H2,(H2,18,22)(H,19,24)/t12-,13+/m1/s1. The molecule has 1 aliphatic heterocycles. The highest BCUT2D eigenvalue weighted by molar-refractivity contribution is 6.30. The molecular formula is C16H20ClN3O4. The molecule has 24 heavy (non-hydrogen) atoms. The minimum atomic E-state index is -0.756. The Morgan fingerprint density at radius 3 is 2.54 bits per heavy atom. The van der Waals surface area contributed by atoms with Crippen molar-refractivity contribution in [3.8, 4) is 0 Å². The van der Waals surface area contributed by atoms with Crippen LogP contribution < -0.4 is 11.1 Å². The second-order valence-corrected chi connectivity index (χ2v) is 6.20. The summed E-state index contributed by atoms with van der Waals surface area (Å²) in [5.74, 6) is -1.28. The Bertz CT molecular complexity index is 620. The molecule has 0 unspecified atom stereocenters. The molecule has 1 aromatic carbocycles. The number of amides is 3. The third-order valence-electron chi connectivity index (χ3n) is 3.87. The largest absolute Gasteiger partial charge is 0.391 e. The van der Waals surface area contributed by atoms with Crippen molar-refractivity contribution < 1.29 is 19.5 Å². The number of β-amino-alcohol motifs (C(OH)–C–C–N with tert-alkyl or cyclic N) is 1. The number of nitrogens with zero attached hydrogens (tertiary/aromatic N) is 1. The SMILES string of the molecule is NC(=O)CCC(=O)N1C[C@H](O)C[C@H]1C(=O)NCc1ccc(Cl)cc1. The van der Waals surface area contributed by atoms with Crippen molar-refractivity contribution in [2.24, 2.45) is 5.73 Å². The first-order valence-electron chi connectivity index (χ1n) is 7.65. The lowest BCUT2D eigenvalue weighted by Gasteiger charge is -2.23. The van der Waals surface area contributed by atoms with E-state index in [1.54, 1.807) is 24.3 Å². The number of carbonyl (C=O) groups is 3. The number of nitrogens with two attached hydrogens (primary N) is 1. The van der Waals surface area contributed by atoms with E-state index >= 15 is 0 Å². The summed E-state index contributed by atoms with van der Waals surface area (Å²) in [6.45, 7) is 0.378. The first kappa shape index (κ1) is 18.2. The van der Waals surface area contributed by atoms with Gasteiger partial charge in [-0.05, 0) is 17.7 Å². The fourth-order valence-electron chi connectivity index (χ4n) is 2.62. The van der Waals surface area contributed by atoms with Crippen LogP contribution in [0.15, 0.2) is 24.3 Å². The second-order valence-electron chi connectivity index (χ2n) is 5.76. The van der Waals surface area contributed by atoms with Crippen molar-refractivity contribution in [2.75, 3.05) is 6.54 Å². The fourth-order valence-corrected chi connectivity index (χ4v) is 2.75. The molecule has 3 amide bonds. The zero-order valence-electron chi connectivity index (χ0n) is 13.1. The molecule has 7 nitrogen and oxygen atoms in total. The van der Waals surface area contributed by atoms with Crippen LogP contribution in [0.25, 0.3) is 0 Å². The number of aliphatic hydroxyl groups is 1. The topological polar surface area (TPSA) is 113 Å². The third kappa shape index (κ3) is 4.94. The van der Waals surface area contributed by atoms with E-state index in [2.05, 4.69) is 5.32 Å². The molecular weight excluding hydrogens is 334 g/mol. The van der Waals surface area contributed by atoms with Crippen LogP contribution in [-0.2, 0) is 20.9 Å². The number of benzene rings is 1. The summed E-state index contributed by atoms with van der Waals surface area (Å²) < 4.78 is 0. The molecule has 2 atom stereocenters. The lowest BCUT2D eigenvalue weighted by molar-refractivity contribution is -0.139. The van der Waals surface area contributed by atoms with E-state index in [0.29, 0.717) is 11.6 Å². The summed E-state index contributed by atoms with van der Waals surface area (Å²) in [4.78, 5) is 36.6. The van der Waals surface area contributed by atoms with E-state index in [9.17, 15) is 19.5 Å². The summed E-state index contributed by atoms with van der Waals surface area (Å²) in [5.41, 5.74) is 5.91. The Kier molecular flexibility index (Phi) is 6.16. The quantitative estimate of drug-likeness (QED) is 0.677. The predicted molar refractivity (Wildman–Crippen MR) is 87.9 cm³/mol. The van der Waals surface area contributed by atoms with E-state index in [4.69, 9.17) is 17.3 Å². The highest BCUT2D eigenvalue weighted by Crippen LogP contribution is 2.20. The van der Waals surface area contributed by atoms with Gasteiger partial charge in [-0.3, -0.25) is 14.4 Å². The first-order chi connectivity index (χ1) is 11.4. The predicted octanol–water partition coefficient (Wildman–Crippen LogP) is 0.183. The van der Waals surface area contributed by atoms with Gasteiger partial charge in [0.2, 0.25) is 17.7 Å². The lowest BCUT2D eigenvalue weighted by atomic mass is 10.1. The zero-order chi connectivity index (χ0) is 17.7. The molecule has 1 saturated heterocycles. The number of nitrogens with one attached hydrogen (secondary N) is 1. The Balaban J connectivity index is 1.94. The van der Waals surface area contributed by atoms with Crippen molar-refractivity contribution in [1.82, 2.24) is 10.2 Å². The normalized spacial score (nSPS) is 20.0. The number of likely N-dealkylation sites (tertiary alicyclic amines) is 1. The summed E-state index contributed by atoms with van der Waals surface area (Å²) in [5, 5.41) is 13.1. The van der Waals surface area contributed by atoms with E-state index in [1.807, 2.05) is 0 Å². The summed E-state index contributed by atoms with van der Waals surface area (Å²) >= 11 is 5.81. The highest BCUT2D eigenvalue weighted by Gasteiger charge is 2.38. The van der Waals surface area contributed by atoms with Gasteiger partial charge in [0.05, 0.1) is 6.10 Å². The van der Waals surface area contributed by atoms with Gasteiger partial charge >= 0.3 is 0 Å². The average molecular weight is 354 g/mol. The van der Waals surface area contributed by atoms with Gasteiger partial charge in [-0.15, -0.1) is 0 Å². The van der Waals surface area contributed by atoms with Gasteiger partial charge in [-0.25, -0.2) is 0 Å². The summed E-state index contributed by atoms with van der Waals surface area (Å²) in [6.07, 6.45) is -0.726. The second kappa shape index (κ2) is 8.12. The number of hydrogen-bond acceptors (Lipinski definition) is 4. The van der Waals surface area contributed by atoms with Crippen molar-refractivity contribution in [1.29, 1.82) is 0 Å². The maximum absolute atomic E-state index is 12.4. The number of carbonyl (C=O) groups excluding carboxylic acids is 3. The molecule has 4 N–H and O–H groups in total. The van der Waals surface area contributed by atoms with Gasteiger partial charge in [0.1, 0.15) is 6.04 Å². The Labute approximate surface area is 144 Å². The maximum atomic E-state index is 12.4. The van der Waals surface area contributed by atoms with E-state index in [0.717, 1.165) is 5.56 Å². The molecule has 0 spiro atoms. The van der Waals surface area contributed by atoms with E-state index in [1.165, 1.54) is 4.90 Å². The molecule has 0 aromatic heterocycles. The Morgan fingerprint density at radius 2 is 1.92 bits per heavy atom. The smallest absolute Gasteiger partial charge is 0.243 e. The van der Waals surface area contributed by atoms with Gasteiger partial charge in [0.25, 0.3) is 0 Å². The van der Waals surface area contributed by atoms with Gasteiger partial charge < -0.3 is 21.1 Å². The third-order valence-corrected chi connectivity index (χ3v) is 4.12. The van der Waals surface area contributed by atoms with Gasteiger partial charge in [0, 0.05) is 37.4 Å². The van der Waals surface area contributed by atoms with Crippen molar-refractivity contribution in [2.45, 2.75) is 38.0 Å². The van der Waals surface area contributed by atoms with E-state index in [-0.39, 0.29) is 37.6 Å². The van der Waals surface area contributed by atoms with Gasteiger partial charge in [0.15, 0.2) is 0 Å². The maximum Gasteiger partial charge on any atom is 0.243 e. The van der Waals surface area contributed by atoms with Crippen LogP contribution in [0.3, 0.4) is 0 Å². The molecule has 8 heteroatoms. The van der Waals surface area contributed by atoms with Crippen molar-refractivity contribution in [3.05, 3.63) is 34.9 Å². The molecule has 1 aliphatic rings. The molecule has 0 aliphatic carbocycles. The van der Waals surface area contributed by atoms with Crippen molar-refractivity contribution >= 4 is 29.3 Å². The molecule has 0 bridgehead atoms. The van der Waals surface area contributed by atoms with Crippen LogP contribution >= 0.6 is 11.6 Å². The van der Waals surface area contributed by atoms with Crippen LogP contribution in [0.4, 0.5) is 0 Å². The molecule has 1 aromatic rings. The zero-order valence-corrected chi connectivity index (χ0v) is 13.8. The lowest BCUT2D eigenvalue weighted by Crippen LogP contribution is -2.45. The first-order valence-corrected chi connectivity index (χ1v) is 8.02. The average Bonchev–Trinajstić information content (AvgIpc) is 2.94. The summed E-state index contributed by atoms with van der Waals surface area (Å²) in [7, 11) is 0. The molecule has 0 saturated carbocycles. The van der Waals surface area contributed by atoms with E-state index < -0.39 is 18.1 Å². The Hall–Kier alpha value is -2.12. The number of primary amides is 1. The van der Waals surface area contributed by atoms with Gasteiger partial charge in [-0.1, -0.05) is 23.7 Å². The monoisotopic (exact) mass is 353 g/mol. The minimum Gasteiger partial charge on any atom is -0.391 e. The van der Waals surface area contributed by atoms with Gasteiger partial charge in [-0.2, -0.15) is 0 Å². The van der Waals surface area contributed by atoms with Crippen LogP contribution in [0.1, 0.15) is 24.8 Å². The number of hydrogen-bond donors (Lipinski definition) is 3. The molecule has 2 rings (SSSR count). The van der Waals surface area contributed by atoms with Crippen LogP contribution in [0.2, 0.25) is 5.02 Å².